The van der Waals surface area contributed by atoms with E-state index in [0.717, 1.165) is 70.6 Å². The van der Waals surface area contributed by atoms with E-state index in [9.17, 15) is 19.5 Å². The number of likely N-dealkylation sites (N-methyl/N-ethyl adjacent to an activating group) is 1. The summed E-state index contributed by atoms with van der Waals surface area (Å²) in [5, 5.41) is 9.71. The molecule has 0 heterocycles. The maximum Gasteiger partial charge on any atom is 0.361 e. The Bertz CT molecular complexity index is 1430. The van der Waals surface area contributed by atoms with Gasteiger partial charge >= 0.3 is 17.9 Å². The molecular weight excluding hydrogens is 947 g/mol. The lowest BCUT2D eigenvalue weighted by Gasteiger charge is -2.25. The Labute approximate surface area is 469 Å². The highest BCUT2D eigenvalue weighted by molar-refractivity contribution is 5.71. The number of hydrogen-bond donors (Lipinski definition) is 1. The van der Waals surface area contributed by atoms with Gasteiger partial charge in [0.15, 0.2) is 6.10 Å². The molecule has 9 nitrogen and oxygen atoms in total. The van der Waals surface area contributed by atoms with E-state index in [-0.39, 0.29) is 32.2 Å². The van der Waals surface area contributed by atoms with Gasteiger partial charge in [0, 0.05) is 12.8 Å². The maximum atomic E-state index is 12.9. The fourth-order valence-electron chi connectivity index (χ4n) is 9.16. The fraction of sp³-hybridized carbons (Fsp3) is 0.806. The van der Waals surface area contributed by atoms with E-state index >= 15 is 0 Å². The zero-order chi connectivity index (χ0) is 55.5. The number of hydrogen-bond acceptors (Lipinski definition) is 7. The molecule has 2 unspecified atom stereocenters. The molecule has 0 saturated heterocycles. The largest absolute Gasteiger partial charge is 0.477 e. The molecule has 0 fully saturated rings. The summed E-state index contributed by atoms with van der Waals surface area (Å²) in [7, 11) is 5.96. The quantitative estimate of drug-likeness (QED) is 0.0211. The zero-order valence-electron chi connectivity index (χ0n) is 50.4. The Morgan fingerprint density at radius 3 is 1.12 bits per heavy atom. The molecule has 0 aromatic heterocycles. The number of carboxylic acid groups (broad SMARTS) is 1. The number of ether oxygens (including phenoxy) is 4. The third-order valence-corrected chi connectivity index (χ3v) is 14.0. The molecule has 0 spiro atoms. The van der Waals surface area contributed by atoms with Crippen LogP contribution in [0.1, 0.15) is 290 Å². The lowest BCUT2D eigenvalue weighted by molar-refractivity contribution is -0.870. The first-order valence-corrected chi connectivity index (χ1v) is 32.0. The first kappa shape index (κ1) is 73.0. The van der Waals surface area contributed by atoms with Crippen LogP contribution in [0, 0.1) is 0 Å². The number of nitrogens with zero attached hydrogens (tertiary/aromatic N) is 1. The van der Waals surface area contributed by atoms with Gasteiger partial charge in [-0.25, -0.2) is 4.79 Å². The van der Waals surface area contributed by atoms with Gasteiger partial charge < -0.3 is 28.5 Å². The summed E-state index contributed by atoms with van der Waals surface area (Å²) in [6.45, 7) is 4.76. The van der Waals surface area contributed by atoms with Crippen molar-refractivity contribution in [3.05, 3.63) is 60.8 Å². The van der Waals surface area contributed by atoms with Crippen LogP contribution in [0.5, 0.6) is 0 Å². The van der Waals surface area contributed by atoms with Gasteiger partial charge in [-0.05, 0) is 57.8 Å². The van der Waals surface area contributed by atoms with Gasteiger partial charge in [0.05, 0.1) is 34.4 Å². The van der Waals surface area contributed by atoms with Crippen molar-refractivity contribution < 1.29 is 42.9 Å². The topological polar surface area (TPSA) is 108 Å². The normalized spacial score (nSPS) is 13.1. The Balaban J connectivity index is 4.11. The van der Waals surface area contributed by atoms with Gasteiger partial charge in [0.2, 0.25) is 0 Å². The number of esters is 2. The van der Waals surface area contributed by atoms with E-state index in [0.29, 0.717) is 23.9 Å². The molecule has 0 amide bonds. The molecule has 0 radical (unpaired) electrons. The second-order valence-electron chi connectivity index (χ2n) is 22.7. The fourth-order valence-corrected chi connectivity index (χ4v) is 9.16. The van der Waals surface area contributed by atoms with Crippen molar-refractivity contribution in [3.8, 4) is 0 Å². The maximum absolute atomic E-state index is 12.9. The summed E-state index contributed by atoms with van der Waals surface area (Å²) < 4.78 is 22.9. The molecule has 9 heteroatoms. The number of carbonyl (C=O) groups excluding carboxylic acids is 2. The van der Waals surface area contributed by atoms with Crippen LogP contribution in [0.2, 0.25) is 0 Å². The molecule has 1 N–H and O–H groups in total. The molecule has 0 aliphatic heterocycles. The van der Waals surface area contributed by atoms with Crippen molar-refractivity contribution in [2.45, 2.75) is 302 Å². The molecule has 0 aromatic carbocycles. The molecule has 76 heavy (non-hydrogen) atoms. The number of quaternary nitrogens is 1. The molecule has 2 atom stereocenters. The van der Waals surface area contributed by atoms with E-state index in [2.05, 4.69) is 74.6 Å². The highest BCUT2D eigenvalue weighted by atomic mass is 16.7. The number of aliphatic carboxylic acids is 1. The van der Waals surface area contributed by atoms with Gasteiger partial charge in [-0.1, -0.05) is 280 Å². The molecule has 0 saturated carbocycles. The van der Waals surface area contributed by atoms with Crippen molar-refractivity contribution >= 4 is 17.9 Å². The van der Waals surface area contributed by atoms with E-state index in [1.807, 2.05) is 21.1 Å². The molecule has 0 bridgehead atoms. The minimum Gasteiger partial charge on any atom is -0.477 e. The average Bonchev–Trinajstić information content (AvgIpc) is 3.39. The summed E-state index contributed by atoms with van der Waals surface area (Å²) >= 11 is 0. The van der Waals surface area contributed by atoms with Crippen molar-refractivity contribution in [2.24, 2.45) is 0 Å². The van der Waals surface area contributed by atoms with Gasteiger partial charge in [-0.2, -0.15) is 0 Å². The highest BCUT2D eigenvalue weighted by Crippen LogP contribution is 2.18. The van der Waals surface area contributed by atoms with Crippen LogP contribution in [0.25, 0.3) is 0 Å². The Kier molecular flexibility index (Phi) is 55.8. The second-order valence-corrected chi connectivity index (χ2v) is 22.7. The molecule has 442 valence electrons. The van der Waals surface area contributed by atoms with Gasteiger partial charge in [-0.15, -0.1) is 0 Å². The lowest BCUT2D eigenvalue weighted by atomic mass is 10.0. The van der Waals surface area contributed by atoms with Crippen LogP contribution in [-0.4, -0.2) is 87.4 Å². The average molecular weight is 1070 g/mol. The predicted molar refractivity (Wildman–Crippen MR) is 323 cm³/mol. The number of unbranched alkanes of at least 4 members (excludes halogenated alkanes) is 34. The standard InChI is InChI=1S/C67H121NO8/c1-6-8-10-12-14-16-18-20-22-24-26-27-28-29-30-31-32-33-34-35-36-37-38-40-41-43-45-47-49-51-53-55-57-64(69)74-61-63(62-75-67(66(71)72)73-60-59-68(3,4)5)76-65(70)58-56-54-52-50-48-46-44-42-39-25-23-21-19-17-15-13-11-9-7-2/h9,11,15,17,21,23,39,42,46,48,63,67H,6-8,10,12-14,16,18-20,22,24-38,40-41,43-45,47,49-62H2,1-5H3/p+1/b11-9-,17-15-,23-21-,42-39-,48-46-. The summed E-state index contributed by atoms with van der Waals surface area (Å²) in [5.74, 6) is -2.04. The summed E-state index contributed by atoms with van der Waals surface area (Å²) in [5.41, 5.74) is 0. The molecule has 0 aromatic rings. The van der Waals surface area contributed by atoms with Crippen LogP contribution in [-0.2, 0) is 33.3 Å². The number of allylic oxidation sites excluding steroid dienone is 10. The van der Waals surface area contributed by atoms with Crippen LogP contribution >= 0.6 is 0 Å². The Morgan fingerprint density at radius 2 is 0.750 bits per heavy atom. The number of rotatable bonds is 59. The minimum absolute atomic E-state index is 0.180. The van der Waals surface area contributed by atoms with Gasteiger partial charge in [-0.3, -0.25) is 9.59 Å². The first-order chi connectivity index (χ1) is 37.1. The summed E-state index contributed by atoms with van der Waals surface area (Å²) in [4.78, 5) is 37.5. The van der Waals surface area contributed by atoms with Crippen LogP contribution < -0.4 is 0 Å². The SMILES string of the molecule is CC/C=C\C/C=C\C/C=C\C/C=C\C/C=C\CCCCCC(=O)OC(COC(=O)CCCCCCCCCCCCCCCCCCCCCCCCCCCCCCCCCC)COC(OCC[N+](C)(C)C)C(=O)O. The summed E-state index contributed by atoms with van der Waals surface area (Å²) in [6.07, 6.45) is 71.9. The smallest absolute Gasteiger partial charge is 0.361 e. The zero-order valence-corrected chi connectivity index (χ0v) is 50.4. The highest BCUT2D eigenvalue weighted by Gasteiger charge is 2.25. The van der Waals surface area contributed by atoms with E-state index in [1.165, 1.54) is 186 Å². The third-order valence-electron chi connectivity index (χ3n) is 14.0. The number of carbonyl (C=O) groups is 3. The van der Waals surface area contributed by atoms with Crippen molar-refractivity contribution in [1.29, 1.82) is 0 Å². The summed E-state index contributed by atoms with van der Waals surface area (Å²) in [6, 6.07) is 0. The predicted octanol–water partition coefficient (Wildman–Crippen LogP) is 19.2. The monoisotopic (exact) mass is 1070 g/mol. The molecular formula is C67H122NO8+. The van der Waals surface area contributed by atoms with Gasteiger partial charge in [0.1, 0.15) is 13.2 Å². The van der Waals surface area contributed by atoms with E-state index in [1.54, 1.807) is 0 Å². The minimum atomic E-state index is -1.52. The first-order valence-electron chi connectivity index (χ1n) is 32.0. The van der Waals surface area contributed by atoms with Crippen LogP contribution in [0.3, 0.4) is 0 Å². The molecule has 0 rings (SSSR count). The van der Waals surface area contributed by atoms with Crippen molar-refractivity contribution in [3.63, 3.8) is 0 Å². The van der Waals surface area contributed by atoms with Crippen LogP contribution in [0.15, 0.2) is 60.8 Å². The Morgan fingerprint density at radius 1 is 0.408 bits per heavy atom. The van der Waals surface area contributed by atoms with Crippen molar-refractivity contribution in [2.75, 3.05) is 47.5 Å². The lowest BCUT2D eigenvalue weighted by Crippen LogP contribution is -2.40. The van der Waals surface area contributed by atoms with E-state index < -0.39 is 24.3 Å². The van der Waals surface area contributed by atoms with Gasteiger partial charge in [0.25, 0.3) is 6.29 Å². The number of carboxylic acids is 1. The van der Waals surface area contributed by atoms with Crippen LogP contribution in [0.4, 0.5) is 0 Å². The Hall–Kier alpha value is -3.01. The molecule has 0 aliphatic rings. The van der Waals surface area contributed by atoms with E-state index in [4.69, 9.17) is 18.9 Å². The second kappa shape index (κ2) is 58.1. The molecule has 0 aliphatic carbocycles. The third kappa shape index (κ3) is 58.7. The van der Waals surface area contributed by atoms with Crippen molar-refractivity contribution in [1.82, 2.24) is 0 Å².